The smallest absolute Gasteiger partial charge is 0.239 e. The maximum absolute atomic E-state index is 11.9. The molecule has 2 aliphatic heterocycles. The number of hydrogen-bond donors (Lipinski definition) is 2. The molecule has 0 aromatic carbocycles. The standard InChI is InChI=1S/C12H23N3O2/c1-10(8-15-5-2-3-6-15)14-12(16)11-9-17-7-4-13-11/h10-11,13H,2-9H2,1H3,(H,14,16). The van der Waals surface area contributed by atoms with Gasteiger partial charge in [-0.15, -0.1) is 0 Å². The van der Waals surface area contributed by atoms with Crippen LogP contribution in [0.5, 0.6) is 0 Å². The van der Waals surface area contributed by atoms with Gasteiger partial charge in [0, 0.05) is 19.1 Å². The van der Waals surface area contributed by atoms with Crippen LogP contribution in [-0.4, -0.2) is 62.3 Å². The Morgan fingerprint density at radius 3 is 2.94 bits per heavy atom. The van der Waals surface area contributed by atoms with Gasteiger partial charge in [-0.2, -0.15) is 0 Å². The molecule has 2 rings (SSSR count). The second kappa shape index (κ2) is 6.33. The largest absolute Gasteiger partial charge is 0.378 e. The summed E-state index contributed by atoms with van der Waals surface area (Å²) < 4.78 is 5.28. The molecule has 5 heteroatoms. The summed E-state index contributed by atoms with van der Waals surface area (Å²) in [5.41, 5.74) is 0. The SMILES string of the molecule is CC(CN1CCCC1)NC(=O)C1COCCN1. The molecule has 0 aromatic heterocycles. The summed E-state index contributed by atoms with van der Waals surface area (Å²) in [6.07, 6.45) is 2.58. The highest BCUT2D eigenvalue weighted by Crippen LogP contribution is 2.07. The molecule has 2 unspecified atom stereocenters. The van der Waals surface area contributed by atoms with Gasteiger partial charge >= 0.3 is 0 Å². The van der Waals surface area contributed by atoms with Gasteiger partial charge in [-0.3, -0.25) is 4.79 Å². The van der Waals surface area contributed by atoms with E-state index < -0.39 is 0 Å². The van der Waals surface area contributed by atoms with Crippen molar-refractivity contribution in [3.05, 3.63) is 0 Å². The zero-order valence-corrected chi connectivity index (χ0v) is 10.6. The molecule has 2 heterocycles. The van der Waals surface area contributed by atoms with Crippen molar-refractivity contribution < 1.29 is 9.53 Å². The highest BCUT2D eigenvalue weighted by atomic mass is 16.5. The predicted octanol–water partition coefficient (Wildman–Crippen LogP) is -0.425. The molecule has 2 N–H and O–H groups in total. The summed E-state index contributed by atoms with van der Waals surface area (Å²) in [6, 6.07) is 0.0362. The number of carbonyl (C=O) groups excluding carboxylic acids is 1. The Morgan fingerprint density at radius 2 is 2.29 bits per heavy atom. The Labute approximate surface area is 103 Å². The Morgan fingerprint density at radius 1 is 1.53 bits per heavy atom. The highest BCUT2D eigenvalue weighted by molar-refractivity contribution is 5.82. The molecule has 98 valence electrons. The summed E-state index contributed by atoms with van der Waals surface area (Å²) in [7, 11) is 0. The molecule has 0 saturated carbocycles. The van der Waals surface area contributed by atoms with Crippen LogP contribution in [0.4, 0.5) is 0 Å². The molecule has 0 bridgehead atoms. The van der Waals surface area contributed by atoms with Gasteiger partial charge in [0.25, 0.3) is 0 Å². The molecule has 0 radical (unpaired) electrons. The molecule has 17 heavy (non-hydrogen) atoms. The summed E-state index contributed by atoms with van der Waals surface area (Å²) in [5.74, 6) is 0.0661. The van der Waals surface area contributed by atoms with E-state index in [-0.39, 0.29) is 18.0 Å². The minimum absolute atomic E-state index is 0.0661. The second-order valence-corrected chi connectivity index (χ2v) is 5.00. The minimum Gasteiger partial charge on any atom is -0.378 e. The summed E-state index contributed by atoms with van der Waals surface area (Å²) >= 11 is 0. The van der Waals surface area contributed by atoms with Crippen LogP contribution >= 0.6 is 0 Å². The molecular formula is C12H23N3O2. The highest BCUT2D eigenvalue weighted by Gasteiger charge is 2.23. The normalized spacial score (nSPS) is 27.9. The van der Waals surface area contributed by atoms with Gasteiger partial charge in [-0.25, -0.2) is 0 Å². The minimum atomic E-state index is -0.176. The third kappa shape index (κ3) is 3.94. The zero-order chi connectivity index (χ0) is 12.1. The molecule has 0 aliphatic carbocycles. The number of nitrogens with zero attached hydrogens (tertiary/aromatic N) is 1. The molecule has 1 amide bonds. The van der Waals surface area contributed by atoms with Crippen molar-refractivity contribution in [1.29, 1.82) is 0 Å². The van der Waals surface area contributed by atoms with E-state index in [9.17, 15) is 4.79 Å². The first kappa shape index (κ1) is 12.8. The van der Waals surface area contributed by atoms with Gasteiger partial charge in [0.1, 0.15) is 6.04 Å². The van der Waals surface area contributed by atoms with Crippen LogP contribution in [0.15, 0.2) is 0 Å². The molecule has 2 aliphatic rings. The van der Waals surface area contributed by atoms with Crippen molar-refractivity contribution in [1.82, 2.24) is 15.5 Å². The number of morpholine rings is 1. The topological polar surface area (TPSA) is 53.6 Å². The van der Waals surface area contributed by atoms with Gasteiger partial charge in [0.05, 0.1) is 13.2 Å². The van der Waals surface area contributed by atoms with E-state index in [4.69, 9.17) is 4.74 Å². The lowest BCUT2D eigenvalue weighted by Crippen LogP contribution is -2.54. The van der Waals surface area contributed by atoms with Crippen molar-refractivity contribution in [3.8, 4) is 0 Å². The fourth-order valence-corrected chi connectivity index (χ4v) is 2.48. The first-order valence-electron chi connectivity index (χ1n) is 6.59. The quantitative estimate of drug-likeness (QED) is 0.701. The number of carbonyl (C=O) groups is 1. The zero-order valence-electron chi connectivity index (χ0n) is 10.6. The van der Waals surface area contributed by atoms with Crippen molar-refractivity contribution in [2.75, 3.05) is 39.4 Å². The van der Waals surface area contributed by atoms with Crippen LogP contribution in [0.2, 0.25) is 0 Å². The fourth-order valence-electron chi connectivity index (χ4n) is 2.48. The van der Waals surface area contributed by atoms with Crippen LogP contribution in [0.3, 0.4) is 0 Å². The van der Waals surface area contributed by atoms with Crippen LogP contribution in [0.1, 0.15) is 19.8 Å². The lowest BCUT2D eigenvalue weighted by Gasteiger charge is -2.26. The number of likely N-dealkylation sites (tertiary alicyclic amines) is 1. The van der Waals surface area contributed by atoms with Gasteiger partial charge in [-0.1, -0.05) is 0 Å². The summed E-state index contributed by atoms with van der Waals surface area (Å²) in [5, 5.41) is 6.22. The monoisotopic (exact) mass is 241 g/mol. The molecule has 2 fully saturated rings. The molecule has 2 atom stereocenters. The van der Waals surface area contributed by atoms with Crippen molar-refractivity contribution in [2.24, 2.45) is 0 Å². The maximum Gasteiger partial charge on any atom is 0.239 e. The first-order chi connectivity index (χ1) is 8.25. The van der Waals surface area contributed by atoms with E-state index in [0.717, 1.165) is 13.1 Å². The molecule has 0 aromatic rings. The van der Waals surface area contributed by atoms with Gasteiger partial charge in [-0.05, 0) is 32.9 Å². The van der Waals surface area contributed by atoms with E-state index in [0.29, 0.717) is 13.2 Å². The van der Waals surface area contributed by atoms with E-state index in [1.807, 2.05) is 0 Å². The molecule has 5 nitrogen and oxygen atoms in total. The molecule has 0 spiro atoms. The average Bonchev–Trinajstić information content (AvgIpc) is 2.82. The van der Waals surface area contributed by atoms with E-state index in [1.165, 1.54) is 25.9 Å². The number of nitrogens with one attached hydrogen (secondary N) is 2. The van der Waals surface area contributed by atoms with Crippen LogP contribution in [-0.2, 0) is 9.53 Å². The van der Waals surface area contributed by atoms with E-state index in [1.54, 1.807) is 0 Å². The van der Waals surface area contributed by atoms with Crippen molar-refractivity contribution >= 4 is 5.91 Å². The Balaban J connectivity index is 1.69. The predicted molar refractivity (Wildman–Crippen MR) is 65.9 cm³/mol. The lowest BCUT2D eigenvalue weighted by atomic mass is 10.2. The number of ether oxygens (including phenoxy) is 1. The molecule has 2 saturated heterocycles. The summed E-state index contributed by atoms with van der Waals surface area (Å²) in [6.45, 7) is 7.32. The summed E-state index contributed by atoms with van der Waals surface area (Å²) in [4.78, 5) is 14.3. The van der Waals surface area contributed by atoms with Gasteiger partial charge in [0.15, 0.2) is 0 Å². The Kier molecular flexibility index (Phi) is 4.76. The number of amides is 1. The fraction of sp³-hybridized carbons (Fsp3) is 0.917. The second-order valence-electron chi connectivity index (χ2n) is 5.00. The number of hydrogen-bond acceptors (Lipinski definition) is 4. The molecular weight excluding hydrogens is 218 g/mol. The van der Waals surface area contributed by atoms with Crippen molar-refractivity contribution in [3.63, 3.8) is 0 Å². The van der Waals surface area contributed by atoms with Crippen LogP contribution in [0.25, 0.3) is 0 Å². The third-order valence-electron chi connectivity index (χ3n) is 3.36. The van der Waals surface area contributed by atoms with Gasteiger partial charge < -0.3 is 20.3 Å². The Bertz CT molecular complexity index is 248. The maximum atomic E-state index is 11.9. The number of rotatable bonds is 4. The van der Waals surface area contributed by atoms with Crippen LogP contribution < -0.4 is 10.6 Å². The lowest BCUT2D eigenvalue weighted by molar-refractivity contribution is -0.126. The first-order valence-corrected chi connectivity index (χ1v) is 6.59. The Hall–Kier alpha value is -0.650. The third-order valence-corrected chi connectivity index (χ3v) is 3.36. The van der Waals surface area contributed by atoms with Gasteiger partial charge in [0.2, 0.25) is 5.91 Å². The van der Waals surface area contributed by atoms with E-state index >= 15 is 0 Å². The van der Waals surface area contributed by atoms with Crippen LogP contribution in [0, 0.1) is 0 Å². The van der Waals surface area contributed by atoms with Crippen molar-refractivity contribution in [2.45, 2.75) is 31.8 Å². The average molecular weight is 241 g/mol. The van der Waals surface area contributed by atoms with E-state index in [2.05, 4.69) is 22.5 Å².